The van der Waals surface area contributed by atoms with Crippen LogP contribution < -0.4 is 5.32 Å². The maximum absolute atomic E-state index is 12.0. The molecule has 128 valence electrons. The number of carbonyl (C=O) groups excluding carboxylic acids is 1. The molecule has 0 spiro atoms. The molecule has 0 aliphatic heterocycles. The first-order valence-corrected chi connectivity index (χ1v) is 9.49. The first-order valence-electron chi connectivity index (χ1n) is 7.33. The van der Waals surface area contributed by atoms with Crippen molar-refractivity contribution in [2.75, 3.05) is 11.1 Å². The van der Waals surface area contributed by atoms with Gasteiger partial charge in [-0.25, -0.2) is 0 Å². The minimum absolute atomic E-state index is 0.167. The van der Waals surface area contributed by atoms with E-state index in [-0.39, 0.29) is 11.7 Å². The van der Waals surface area contributed by atoms with Crippen LogP contribution in [0.3, 0.4) is 0 Å². The summed E-state index contributed by atoms with van der Waals surface area (Å²) in [5, 5.41) is 11.7. The molecule has 0 aliphatic carbocycles. The Bertz CT molecular complexity index is 870. The largest absolute Gasteiger partial charge is 0.416 e. The number of carbonyl (C=O) groups is 1. The van der Waals surface area contributed by atoms with E-state index in [0.717, 1.165) is 10.0 Å². The summed E-state index contributed by atoms with van der Waals surface area (Å²) in [5.74, 6) is 0.520. The van der Waals surface area contributed by atoms with Crippen LogP contribution in [0.4, 0.5) is 5.69 Å². The zero-order valence-electron chi connectivity index (χ0n) is 12.9. The van der Waals surface area contributed by atoms with Gasteiger partial charge >= 0.3 is 0 Å². The van der Waals surface area contributed by atoms with E-state index >= 15 is 0 Å². The predicted molar refractivity (Wildman–Crippen MR) is 102 cm³/mol. The molecule has 0 saturated heterocycles. The van der Waals surface area contributed by atoms with Gasteiger partial charge in [0.2, 0.25) is 11.8 Å². The summed E-state index contributed by atoms with van der Waals surface area (Å²) in [6, 6.07) is 14.9. The maximum atomic E-state index is 12.0. The van der Waals surface area contributed by atoms with Crippen molar-refractivity contribution in [3.63, 3.8) is 0 Å². The molecule has 8 heteroatoms. The standard InChI is InChI=1S/C17H13BrClN3O2S/c18-12-6-4-11(5-7-12)8-16-21-22-17(24-16)25-10-15(23)20-14-3-1-2-13(19)9-14/h1-7,9H,8,10H2,(H,20,23). The van der Waals surface area contributed by atoms with E-state index in [1.807, 2.05) is 24.3 Å². The van der Waals surface area contributed by atoms with Crippen molar-refractivity contribution in [1.29, 1.82) is 0 Å². The maximum Gasteiger partial charge on any atom is 0.277 e. The molecule has 0 unspecified atom stereocenters. The molecule has 5 nitrogen and oxygen atoms in total. The third-order valence-corrected chi connectivity index (χ3v) is 4.73. The van der Waals surface area contributed by atoms with Gasteiger partial charge in [-0.3, -0.25) is 4.79 Å². The van der Waals surface area contributed by atoms with Crippen LogP contribution >= 0.6 is 39.3 Å². The van der Waals surface area contributed by atoms with Gasteiger partial charge in [0.15, 0.2) is 0 Å². The van der Waals surface area contributed by atoms with Crippen molar-refractivity contribution in [3.8, 4) is 0 Å². The summed E-state index contributed by atoms with van der Waals surface area (Å²) in [6.45, 7) is 0. The molecule has 0 saturated carbocycles. The molecule has 0 aliphatic rings. The van der Waals surface area contributed by atoms with Gasteiger partial charge in [-0.2, -0.15) is 0 Å². The number of halogens is 2. The van der Waals surface area contributed by atoms with Crippen LogP contribution in [0, 0.1) is 0 Å². The summed E-state index contributed by atoms with van der Waals surface area (Å²) in [6.07, 6.45) is 0.551. The quantitative estimate of drug-likeness (QED) is 0.560. The lowest BCUT2D eigenvalue weighted by molar-refractivity contribution is -0.113. The van der Waals surface area contributed by atoms with Crippen molar-refractivity contribution in [3.05, 3.63) is 69.5 Å². The molecular formula is C17H13BrClN3O2S. The number of thioether (sulfide) groups is 1. The average molecular weight is 439 g/mol. The summed E-state index contributed by atoms with van der Waals surface area (Å²) in [7, 11) is 0. The fourth-order valence-electron chi connectivity index (χ4n) is 2.04. The van der Waals surface area contributed by atoms with E-state index in [0.29, 0.717) is 28.2 Å². The second-order valence-corrected chi connectivity index (χ2v) is 7.39. The van der Waals surface area contributed by atoms with Crippen molar-refractivity contribution in [1.82, 2.24) is 10.2 Å². The molecule has 1 heterocycles. The molecule has 0 radical (unpaired) electrons. The van der Waals surface area contributed by atoms with Crippen molar-refractivity contribution >= 4 is 50.9 Å². The van der Waals surface area contributed by atoms with E-state index in [4.69, 9.17) is 16.0 Å². The first kappa shape index (κ1) is 18.0. The van der Waals surface area contributed by atoms with E-state index < -0.39 is 0 Å². The molecule has 1 N–H and O–H groups in total. The lowest BCUT2D eigenvalue weighted by Crippen LogP contribution is -2.13. The van der Waals surface area contributed by atoms with E-state index in [9.17, 15) is 4.79 Å². The van der Waals surface area contributed by atoms with Gasteiger partial charge in [-0.15, -0.1) is 10.2 Å². The second kappa shape index (κ2) is 8.51. The Balaban J connectivity index is 1.51. The van der Waals surface area contributed by atoms with Gasteiger partial charge < -0.3 is 9.73 Å². The highest BCUT2D eigenvalue weighted by molar-refractivity contribution is 9.10. The van der Waals surface area contributed by atoms with Gasteiger partial charge in [0, 0.05) is 15.2 Å². The molecular weight excluding hydrogens is 426 g/mol. The van der Waals surface area contributed by atoms with Crippen molar-refractivity contribution in [2.24, 2.45) is 0 Å². The van der Waals surface area contributed by atoms with Gasteiger partial charge in [0.05, 0.1) is 12.2 Å². The third kappa shape index (κ3) is 5.59. The molecule has 25 heavy (non-hydrogen) atoms. The van der Waals surface area contributed by atoms with Crippen molar-refractivity contribution < 1.29 is 9.21 Å². The van der Waals surface area contributed by atoms with Crippen LogP contribution in [0.5, 0.6) is 0 Å². The number of rotatable bonds is 6. The van der Waals surface area contributed by atoms with Crippen LogP contribution in [0.15, 0.2) is 62.6 Å². The Hall–Kier alpha value is -1.83. The Labute approximate surface area is 162 Å². The zero-order valence-corrected chi connectivity index (χ0v) is 16.1. The lowest BCUT2D eigenvalue weighted by atomic mass is 10.2. The van der Waals surface area contributed by atoms with Gasteiger partial charge in [-0.05, 0) is 35.9 Å². The third-order valence-electron chi connectivity index (χ3n) is 3.15. The van der Waals surface area contributed by atoms with Crippen LogP contribution in [0.25, 0.3) is 0 Å². The number of nitrogens with one attached hydrogen (secondary N) is 1. The predicted octanol–water partition coefficient (Wildman–Crippen LogP) is 4.81. The molecule has 0 fully saturated rings. The highest BCUT2D eigenvalue weighted by atomic mass is 79.9. The molecule has 1 aromatic heterocycles. The average Bonchev–Trinajstić information content (AvgIpc) is 3.03. The minimum atomic E-state index is -0.167. The molecule has 0 atom stereocenters. The number of anilines is 1. The first-order chi connectivity index (χ1) is 12.1. The topological polar surface area (TPSA) is 68.0 Å². The lowest BCUT2D eigenvalue weighted by Gasteiger charge is -2.03. The Morgan fingerprint density at radius 3 is 2.76 bits per heavy atom. The van der Waals surface area contributed by atoms with Crippen LogP contribution in [0.2, 0.25) is 5.02 Å². The number of benzene rings is 2. The Kier molecular flexibility index (Phi) is 6.12. The van der Waals surface area contributed by atoms with Crippen LogP contribution in [0.1, 0.15) is 11.5 Å². The summed E-state index contributed by atoms with van der Waals surface area (Å²) < 4.78 is 6.58. The van der Waals surface area contributed by atoms with Crippen LogP contribution in [-0.2, 0) is 11.2 Å². The van der Waals surface area contributed by atoms with Crippen molar-refractivity contribution in [2.45, 2.75) is 11.6 Å². The van der Waals surface area contributed by atoms with Gasteiger partial charge in [-0.1, -0.05) is 57.5 Å². The second-order valence-electron chi connectivity index (χ2n) is 5.11. The molecule has 0 bridgehead atoms. The summed E-state index contributed by atoms with van der Waals surface area (Å²) in [5.41, 5.74) is 1.72. The minimum Gasteiger partial charge on any atom is -0.416 e. The van der Waals surface area contributed by atoms with Gasteiger partial charge in [0.25, 0.3) is 5.22 Å². The van der Waals surface area contributed by atoms with E-state index in [1.165, 1.54) is 11.8 Å². The SMILES string of the molecule is O=C(CSc1nnc(Cc2ccc(Br)cc2)o1)Nc1cccc(Cl)c1. The molecule has 3 aromatic rings. The highest BCUT2D eigenvalue weighted by Crippen LogP contribution is 2.20. The normalized spacial score (nSPS) is 10.6. The zero-order chi connectivity index (χ0) is 17.6. The highest BCUT2D eigenvalue weighted by Gasteiger charge is 2.10. The molecule has 2 aromatic carbocycles. The van der Waals surface area contributed by atoms with Crippen LogP contribution in [-0.4, -0.2) is 21.9 Å². The number of hydrogen-bond donors (Lipinski definition) is 1. The number of hydrogen-bond acceptors (Lipinski definition) is 5. The smallest absolute Gasteiger partial charge is 0.277 e. The fraction of sp³-hybridized carbons (Fsp3) is 0.118. The molecule has 3 rings (SSSR count). The summed E-state index contributed by atoms with van der Waals surface area (Å²) >= 11 is 10.5. The number of amides is 1. The Morgan fingerprint density at radius 2 is 2.00 bits per heavy atom. The van der Waals surface area contributed by atoms with E-state index in [1.54, 1.807) is 24.3 Å². The molecule has 1 amide bonds. The Morgan fingerprint density at radius 1 is 1.20 bits per heavy atom. The number of aromatic nitrogens is 2. The van der Waals surface area contributed by atoms with Gasteiger partial charge in [0.1, 0.15) is 0 Å². The summed E-state index contributed by atoms with van der Waals surface area (Å²) in [4.78, 5) is 12.0. The fourth-order valence-corrected chi connectivity index (χ4v) is 3.07. The van der Waals surface area contributed by atoms with E-state index in [2.05, 4.69) is 31.4 Å². The monoisotopic (exact) mass is 437 g/mol. The number of nitrogens with zero attached hydrogens (tertiary/aromatic N) is 2.